The number of aromatic nitrogens is 2. The lowest BCUT2D eigenvalue weighted by atomic mass is 9.98. The molecule has 1 aliphatic heterocycles. The summed E-state index contributed by atoms with van der Waals surface area (Å²) in [5.74, 6) is 1.12. The maximum Gasteiger partial charge on any atom is 0.241 e. The number of aliphatic hydroxyl groups excluding tert-OH is 1. The van der Waals surface area contributed by atoms with E-state index >= 15 is 0 Å². The van der Waals surface area contributed by atoms with Gasteiger partial charge in [-0.25, -0.2) is 0 Å². The molecule has 118 valence electrons. The van der Waals surface area contributed by atoms with Crippen molar-refractivity contribution >= 4 is 11.6 Å². The summed E-state index contributed by atoms with van der Waals surface area (Å²) in [6.07, 6.45) is 2.95. The molecule has 0 bridgehead atoms. The Morgan fingerprint density at radius 3 is 3.09 bits per heavy atom. The molecule has 2 aromatic rings. The van der Waals surface area contributed by atoms with E-state index in [1.807, 2.05) is 31.2 Å². The number of hydrogen-bond donors (Lipinski definition) is 1. The van der Waals surface area contributed by atoms with Crippen LogP contribution in [0.4, 0.5) is 0 Å². The van der Waals surface area contributed by atoms with Gasteiger partial charge in [0.15, 0.2) is 0 Å². The van der Waals surface area contributed by atoms with Crippen molar-refractivity contribution < 1.29 is 9.63 Å². The van der Waals surface area contributed by atoms with Crippen LogP contribution >= 0.6 is 11.6 Å². The van der Waals surface area contributed by atoms with Crippen LogP contribution in [0.1, 0.15) is 32.1 Å². The van der Waals surface area contributed by atoms with Crippen molar-refractivity contribution in [3.8, 4) is 11.4 Å². The zero-order chi connectivity index (χ0) is 15.5. The van der Waals surface area contributed by atoms with Gasteiger partial charge in [0.1, 0.15) is 0 Å². The Kier molecular flexibility index (Phi) is 4.76. The summed E-state index contributed by atoms with van der Waals surface area (Å²) in [5.41, 5.74) is 0.841. The lowest BCUT2D eigenvalue weighted by Crippen LogP contribution is -2.45. The quantitative estimate of drug-likeness (QED) is 0.937. The molecule has 1 aliphatic rings. The Balaban J connectivity index is 1.73. The maximum absolute atomic E-state index is 9.92. The number of rotatable bonds is 4. The van der Waals surface area contributed by atoms with Gasteiger partial charge in [0.2, 0.25) is 11.7 Å². The molecular formula is C16H20ClN3O2. The molecular weight excluding hydrogens is 302 g/mol. The van der Waals surface area contributed by atoms with Crippen LogP contribution in [0, 0.1) is 0 Å². The molecule has 0 saturated carbocycles. The second-order valence-corrected chi connectivity index (χ2v) is 6.23. The van der Waals surface area contributed by atoms with Gasteiger partial charge in [-0.15, -0.1) is 0 Å². The lowest BCUT2D eigenvalue weighted by Gasteiger charge is -2.36. The fraction of sp³-hybridized carbons (Fsp3) is 0.500. The fourth-order valence-corrected chi connectivity index (χ4v) is 3.19. The molecule has 2 heterocycles. The summed E-state index contributed by atoms with van der Waals surface area (Å²) >= 11 is 5.99. The third-order valence-corrected chi connectivity index (χ3v) is 4.35. The minimum absolute atomic E-state index is 0.162. The molecule has 1 aromatic carbocycles. The first kappa shape index (κ1) is 15.5. The van der Waals surface area contributed by atoms with Gasteiger partial charge in [-0.05, 0) is 38.4 Å². The number of hydrogen-bond acceptors (Lipinski definition) is 5. The molecule has 5 nitrogen and oxygen atoms in total. The van der Waals surface area contributed by atoms with Crippen LogP contribution in [0.3, 0.4) is 0 Å². The second-order valence-electron chi connectivity index (χ2n) is 5.80. The van der Waals surface area contributed by atoms with E-state index in [0.717, 1.165) is 31.4 Å². The highest BCUT2D eigenvalue weighted by Gasteiger charge is 2.27. The van der Waals surface area contributed by atoms with E-state index in [1.165, 1.54) is 0 Å². The average Bonchev–Trinajstić information content (AvgIpc) is 2.96. The molecule has 22 heavy (non-hydrogen) atoms. The first-order valence-corrected chi connectivity index (χ1v) is 8.02. The largest absolute Gasteiger partial charge is 0.392 e. The molecule has 1 saturated heterocycles. The first-order valence-electron chi connectivity index (χ1n) is 7.64. The highest BCUT2D eigenvalue weighted by atomic mass is 35.5. The minimum atomic E-state index is -0.351. The van der Waals surface area contributed by atoms with Gasteiger partial charge in [-0.3, -0.25) is 4.90 Å². The van der Waals surface area contributed by atoms with Crippen molar-refractivity contribution in [1.82, 2.24) is 15.0 Å². The monoisotopic (exact) mass is 321 g/mol. The lowest BCUT2D eigenvalue weighted by molar-refractivity contribution is 0.0260. The van der Waals surface area contributed by atoms with E-state index in [9.17, 15) is 5.11 Å². The highest BCUT2D eigenvalue weighted by Crippen LogP contribution is 2.23. The maximum atomic E-state index is 9.92. The molecule has 1 N–H and O–H groups in total. The Hall–Kier alpha value is -1.43. The Labute approximate surface area is 134 Å². The van der Waals surface area contributed by atoms with E-state index in [4.69, 9.17) is 16.1 Å². The predicted octanol–water partition coefficient (Wildman–Crippen LogP) is 3.13. The topological polar surface area (TPSA) is 62.4 Å². The molecule has 0 aliphatic carbocycles. The summed E-state index contributed by atoms with van der Waals surface area (Å²) < 4.78 is 5.36. The third kappa shape index (κ3) is 3.48. The van der Waals surface area contributed by atoms with Gasteiger partial charge < -0.3 is 9.63 Å². The number of aliphatic hydroxyl groups is 1. The summed E-state index contributed by atoms with van der Waals surface area (Å²) in [7, 11) is 0. The van der Waals surface area contributed by atoms with E-state index in [0.29, 0.717) is 23.3 Å². The molecule has 0 spiro atoms. The van der Waals surface area contributed by atoms with Crippen molar-refractivity contribution in [2.45, 2.75) is 44.9 Å². The number of piperidine rings is 1. The van der Waals surface area contributed by atoms with Crippen molar-refractivity contribution in [3.05, 3.63) is 35.2 Å². The van der Waals surface area contributed by atoms with E-state index < -0.39 is 0 Å². The van der Waals surface area contributed by atoms with Gasteiger partial charge >= 0.3 is 0 Å². The van der Waals surface area contributed by atoms with E-state index in [-0.39, 0.29) is 12.1 Å². The van der Waals surface area contributed by atoms with Crippen molar-refractivity contribution in [3.63, 3.8) is 0 Å². The summed E-state index contributed by atoms with van der Waals surface area (Å²) in [6.45, 7) is 3.36. The van der Waals surface area contributed by atoms with Crippen LogP contribution in [-0.2, 0) is 6.54 Å². The average molecular weight is 322 g/mol. The number of nitrogens with zero attached hydrogens (tertiary/aromatic N) is 3. The van der Waals surface area contributed by atoms with Gasteiger partial charge in [0, 0.05) is 16.6 Å². The smallest absolute Gasteiger partial charge is 0.241 e. The van der Waals surface area contributed by atoms with Gasteiger partial charge in [0.25, 0.3) is 0 Å². The number of likely N-dealkylation sites (tertiary alicyclic amines) is 1. The highest BCUT2D eigenvalue weighted by molar-refractivity contribution is 6.30. The van der Waals surface area contributed by atoms with Crippen LogP contribution in [0.15, 0.2) is 28.8 Å². The van der Waals surface area contributed by atoms with Crippen LogP contribution in [0.2, 0.25) is 5.02 Å². The normalized spacial score (nSPS) is 21.0. The fourth-order valence-electron chi connectivity index (χ4n) is 3.00. The summed E-state index contributed by atoms with van der Waals surface area (Å²) in [4.78, 5) is 6.68. The third-order valence-electron chi connectivity index (χ3n) is 4.11. The Morgan fingerprint density at radius 2 is 2.32 bits per heavy atom. The number of halogens is 1. The zero-order valence-electron chi connectivity index (χ0n) is 12.6. The molecule has 3 rings (SSSR count). The molecule has 1 aromatic heterocycles. The molecule has 2 atom stereocenters. The molecule has 0 amide bonds. The standard InChI is InChI=1S/C16H20ClN3O2/c1-11(21)14-7-2-3-8-20(14)10-15-18-16(19-22-15)12-5-4-6-13(17)9-12/h4-6,9,11,14,21H,2-3,7-8,10H2,1H3. The van der Waals surface area contributed by atoms with Crippen LogP contribution < -0.4 is 0 Å². The van der Waals surface area contributed by atoms with Gasteiger partial charge in [-0.1, -0.05) is 35.3 Å². The van der Waals surface area contributed by atoms with Crippen LogP contribution in [0.5, 0.6) is 0 Å². The van der Waals surface area contributed by atoms with Gasteiger partial charge in [-0.2, -0.15) is 4.98 Å². The van der Waals surface area contributed by atoms with Crippen LogP contribution in [-0.4, -0.2) is 38.8 Å². The van der Waals surface area contributed by atoms with E-state index in [2.05, 4.69) is 15.0 Å². The first-order chi connectivity index (χ1) is 10.6. The summed E-state index contributed by atoms with van der Waals surface area (Å²) in [6, 6.07) is 7.56. The predicted molar refractivity (Wildman–Crippen MR) is 84.5 cm³/mol. The van der Waals surface area contributed by atoms with Crippen LogP contribution in [0.25, 0.3) is 11.4 Å². The zero-order valence-corrected chi connectivity index (χ0v) is 13.3. The van der Waals surface area contributed by atoms with Gasteiger partial charge in [0.05, 0.1) is 12.6 Å². The SMILES string of the molecule is CC(O)C1CCCCN1Cc1nc(-c2cccc(Cl)c2)no1. The van der Waals surface area contributed by atoms with Crippen molar-refractivity contribution in [1.29, 1.82) is 0 Å². The number of benzene rings is 1. The van der Waals surface area contributed by atoms with Crippen molar-refractivity contribution in [2.24, 2.45) is 0 Å². The molecule has 6 heteroatoms. The Morgan fingerprint density at radius 1 is 1.45 bits per heavy atom. The van der Waals surface area contributed by atoms with E-state index in [1.54, 1.807) is 0 Å². The molecule has 2 unspecified atom stereocenters. The minimum Gasteiger partial charge on any atom is -0.392 e. The second kappa shape index (κ2) is 6.77. The summed E-state index contributed by atoms with van der Waals surface area (Å²) in [5, 5.41) is 14.6. The molecule has 0 radical (unpaired) electrons. The molecule has 1 fully saturated rings. The Bertz CT molecular complexity index is 629. The van der Waals surface area contributed by atoms with Crippen molar-refractivity contribution in [2.75, 3.05) is 6.54 Å².